The molecule has 1 aliphatic rings. The molecular weight excluding hydrogens is 356 g/mol. The molecule has 0 aliphatic heterocycles. The van der Waals surface area contributed by atoms with Crippen LogP contribution in [-0.4, -0.2) is 56.7 Å². The van der Waals surface area contributed by atoms with Crippen LogP contribution in [-0.2, 0) is 23.8 Å². The SMILES string of the molecule is COCOC1(C(=O)N(C)OC)C=C([N+](=O)[O-])C=C(OC)C1c1ccccc1. The number of nitrogens with zero attached hydrogens (tertiary/aromatic N) is 2. The van der Waals surface area contributed by atoms with Crippen molar-refractivity contribution in [1.82, 2.24) is 5.06 Å². The van der Waals surface area contributed by atoms with Gasteiger partial charge in [-0.25, -0.2) is 5.06 Å². The predicted molar refractivity (Wildman–Crippen MR) is 94.8 cm³/mol. The van der Waals surface area contributed by atoms with E-state index in [-0.39, 0.29) is 18.2 Å². The van der Waals surface area contributed by atoms with Gasteiger partial charge in [0.15, 0.2) is 5.60 Å². The highest BCUT2D eigenvalue weighted by atomic mass is 16.7. The number of ether oxygens (including phenoxy) is 3. The number of likely N-dealkylation sites (N-methyl/N-ethyl adjacent to an activating group) is 1. The topological polar surface area (TPSA) is 100 Å². The molecule has 1 aromatic rings. The second kappa shape index (κ2) is 8.76. The van der Waals surface area contributed by atoms with Gasteiger partial charge in [-0.1, -0.05) is 30.3 Å². The average molecular weight is 378 g/mol. The van der Waals surface area contributed by atoms with E-state index in [4.69, 9.17) is 19.0 Å². The number of methoxy groups -OCH3 is 2. The van der Waals surface area contributed by atoms with Crippen molar-refractivity contribution in [3.63, 3.8) is 0 Å². The number of allylic oxidation sites excluding steroid dienone is 1. The summed E-state index contributed by atoms with van der Waals surface area (Å²) in [6, 6.07) is 8.98. The van der Waals surface area contributed by atoms with Crippen molar-refractivity contribution >= 4 is 5.91 Å². The number of hydroxylamine groups is 2. The quantitative estimate of drug-likeness (QED) is 0.387. The van der Waals surface area contributed by atoms with Gasteiger partial charge in [-0.15, -0.1) is 0 Å². The molecule has 0 N–H and O–H groups in total. The number of hydrogen-bond donors (Lipinski definition) is 0. The van der Waals surface area contributed by atoms with Crippen molar-refractivity contribution in [2.45, 2.75) is 11.5 Å². The number of carbonyl (C=O) groups excluding carboxylic acids is 1. The van der Waals surface area contributed by atoms with E-state index in [2.05, 4.69) is 0 Å². The Labute approximate surface area is 156 Å². The van der Waals surface area contributed by atoms with Crippen LogP contribution in [0.25, 0.3) is 0 Å². The fourth-order valence-corrected chi connectivity index (χ4v) is 2.98. The molecule has 27 heavy (non-hydrogen) atoms. The molecule has 9 nitrogen and oxygen atoms in total. The highest BCUT2D eigenvalue weighted by Gasteiger charge is 2.54. The first-order valence-corrected chi connectivity index (χ1v) is 8.04. The predicted octanol–water partition coefficient (Wildman–Crippen LogP) is 1.85. The minimum absolute atomic E-state index is 0.212. The van der Waals surface area contributed by atoms with Crippen LogP contribution in [0.5, 0.6) is 0 Å². The molecule has 0 saturated heterocycles. The van der Waals surface area contributed by atoms with Crippen LogP contribution in [0, 0.1) is 10.1 Å². The molecule has 0 radical (unpaired) electrons. The zero-order chi connectivity index (χ0) is 20.0. The molecule has 2 unspecified atom stereocenters. The zero-order valence-corrected chi connectivity index (χ0v) is 15.6. The highest BCUT2D eigenvalue weighted by Crippen LogP contribution is 2.44. The zero-order valence-electron chi connectivity index (χ0n) is 15.6. The summed E-state index contributed by atoms with van der Waals surface area (Å²) in [5.74, 6) is -1.21. The van der Waals surface area contributed by atoms with Crippen LogP contribution < -0.4 is 0 Å². The van der Waals surface area contributed by atoms with Gasteiger partial charge in [0.25, 0.3) is 11.6 Å². The smallest absolute Gasteiger partial charge is 0.283 e. The molecule has 0 fully saturated rings. The monoisotopic (exact) mass is 378 g/mol. The van der Waals surface area contributed by atoms with Gasteiger partial charge in [-0.2, -0.15) is 0 Å². The molecule has 1 aromatic carbocycles. The Hall–Kier alpha value is -2.75. The highest BCUT2D eigenvalue weighted by molar-refractivity contribution is 5.89. The van der Waals surface area contributed by atoms with Crippen LogP contribution in [0.3, 0.4) is 0 Å². The van der Waals surface area contributed by atoms with Crippen molar-refractivity contribution in [2.24, 2.45) is 0 Å². The third-order valence-electron chi connectivity index (χ3n) is 4.25. The largest absolute Gasteiger partial charge is 0.500 e. The molecule has 9 heteroatoms. The summed E-state index contributed by atoms with van der Waals surface area (Å²) in [6.45, 7) is -0.273. The minimum atomic E-state index is -1.80. The number of hydrogen-bond acceptors (Lipinski definition) is 7. The maximum absolute atomic E-state index is 13.2. The van der Waals surface area contributed by atoms with Crippen LogP contribution >= 0.6 is 0 Å². The van der Waals surface area contributed by atoms with Crippen LogP contribution in [0.2, 0.25) is 0 Å². The fraction of sp³-hybridized carbons (Fsp3) is 0.389. The minimum Gasteiger partial charge on any atom is -0.500 e. The molecule has 146 valence electrons. The Bertz CT molecular complexity index is 747. The van der Waals surface area contributed by atoms with Gasteiger partial charge in [-0.05, 0) is 5.56 Å². The lowest BCUT2D eigenvalue weighted by Gasteiger charge is -2.40. The van der Waals surface area contributed by atoms with E-state index >= 15 is 0 Å². The average Bonchev–Trinajstić information content (AvgIpc) is 2.70. The lowest BCUT2D eigenvalue weighted by molar-refractivity contribution is -0.420. The van der Waals surface area contributed by atoms with E-state index in [1.807, 2.05) is 6.07 Å². The van der Waals surface area contributed by atoms with Crippen LogP contribution in [0.1, 0.15) is 11.5 Å². The third-order valence-corrected chi connectivity index (χ3v) is 4.25. The van der Waals surface area contributed by atoms with Crippen molar-refractivity contribution in [2.75, 3.05) is 35.2 Å². The molecule has 1 amide bonds. The second-order valence-electron chi connectivity index (χ2n) is 5.75. The molecule has 1 aliphatic carbocycles. The number of carbonyl (C=O) groups is 1. The van der Waals surface area contributed by atoms with E-state index in [1.54, 1.807) is 24.3 Å². The summed E-state index contributed by atoms with van der Waals surface area (Å²) in [5.41, 5.74) is -1.45. The van der Waals surface area contributed by atoms with Gasteiger partial charge >= 0.3 is 0 Å². The lowest BCUT2D eigenvalue weighted by atomic mass is 9.76. The summed E-state index contributed by atoms with van der Waals surface area (Å²) in [6.07, 6.45) is 2.45. The van der Waals surface area contributed by atoms with Crippen molar-refractivity contribution < 1.29 is 28.8 Å². The molecule has 2 rings (SSSR count). The maximum Gasteiger partial charge on any atom is 0.283 e. The number of benzene rings is 1. The Kier molecular flexibility index (Phi) is 6.67. The Morgan fingerprint density at radius 1 is 1.26 bits per heavy atom. The normalized spacial score (nSPS) is 21.9. The van der Waals surface area contributed by atoms with E-state index in [0.29, 0.717) is 5.56 Å². The molecule has 0 aromatic heterocycles. The third kappa shape index (κ3) is 4.00. The van der Waals surface area contributed by atoms with Crippen molar-refractivity contribution in [3.05, 3.63) is 69.6 Å². The summed E-state index contributed by atoms with van der Waals surface area (Å²) in [4.78, 5) is 29.1. The van der Waals surface area contributed by atoms with Crippen LogP contribution in [0.15, 0.2) is 53.9 Å². The van der Waals surface area contributed by atoms with Gasteiger partial charge in [0, 0.05) is 20.2 Å². The number of nitro groups is 1. The van der Waals surface area contributed by atoms with Gasteiger partial charge in [0.1, 0.15) is 12.6 Å². The van der Waals surface area contributed by atoms with E-state index in [0.717, 1.165) is 5.06 Å². The lowest BCUT2D eigenvalue weighted by Crippen LogP contribution is -2.54. The first-order valence-electron chi connectivity index (χ1n) is 8.04. The second-order valence-corrected chi connectivity index (χ2v) is 5.75. The summed E-state index contributed by atoms with van der Waals surface area (Å²) >= 11 is 0. The van der Waals surface area contributed by atoms with Crippen LogP contribution in [0.4, 0.5) is 0 Å². The van der Waals surface area contributed by atoms with Gasteiger partial charge in [-0.3, -0.25) is 19.7 Å². The van der Waals surface area contributed by atoms with Crippen molar-refractivity contribution in [3.8, 4) is 0 Å². The van der Waals surface area contributed by atoms with Gasteiger partial charge < -0.3 is 14.2 Å². The summed E-state index contributed by atoms with van der Waals surface area (Å²) in [7, 11) is 5.49. The Morgan fingerprint density at radius 3 is 2.44 bits per heavy atom. The first-order chi connectivity index (χ1) is 12.9. The first kappa shape index (κ1) is 20.6. The molecule has 0 bridgehead atoms. The number of rotatable bonds is 8. The number of amides is 1. The maximum atomic E-state index is 13.2. The molecular formula is C18H22N2O7. The standard InChI is InChI=1S/C18H22N2O7/c1-19(26-4)17(21)18(27-12-24-2)11-14(20(22)23)10-15(25-3)16(18)13-8-6-5-7-9-13/h5-11,16H,12H2,1-4H3. The molecule has 2 atom stereocenters. The molecule has 0 heterocycles. The summed E-state index contributed by atoms with van der Waals surface area (Å²) < 4.78 is 16.2. The Balaban J connectivity index is 2.75. The van der Waals surface area contributed by atoms with E-state index in [9.17, 15) is 14.9 Å². The summed E-state index contributed by atoms with van der Waals surface area (Å²) in [5, 5.41) is 12.4. The fourth-order valence-electron chi connectivity index (χ4n) is 2.98. The molecule has 0 saturated carbocycles. The van der Waals surface area contributed by atoms with E-state index in [1.165, 1.54) is 40.5 Å². The molecule has 0 spiro atoms. The Morgan fingerprint density at radius 2 is 1.93 bits per heavy atom. The van der Waals surface area contributed by atoms with Gasteiger partial charge in [0.05, 0.1) is 31.1 Å². The van der Waals surface area contributed by atoms with Crippen molar-refractivity contribution in [1.29, 1.82) is 0 Å². The van der Waals surface area contributed by atoms with Gasteiger partial charge in [0.2, 0.25) is 0 Å². The van der Waals surface area contributed by atoms with E-state index < -0.39 is 22.3 Å².